The lowest BCUT2D eigenvalue weighted by Crippen LogP contribution is -2.40. The Labute approximate surface area is 126 Å². The molecule has 0 aromatic heterocycles. The molecule has 1 aromatic carbocycles. The van der Waals surface area contributed by atoms with E-state index in [-0.39, 0.29) is 28.5 Å². The molecule has 0 fully saturated rings. The molecule has 1 N–H and O–H groups in total. The third-order valence-corrected chi connectivity index (χ3v) is 3.46. The van der Waals surface area contributed by atoms with Gasteiger partial charge in [-0.3, -0.25) is 4.79 Å². The normalized spacial score (nSPS) is 10.2. The van der Waals surface area contributed by atoms with Gasteiger partial charge in [0.25, 0.3) is 0 Å². The second kappa shape index (κ2) is 7.25. The zero-order chi connectivity index (χ0) is 15.3. The first-order valence-electron chi connectivity index (χ1n) is 6.33. The van der Waals surface area contributed by atoms with E-state index >= 15 is 0 Å². The fourth-order valence-corrected chi connectivity index (χ4v) is 2.20. The molecule has 4 nitrogen and oxygen atoms in total. The molecule has 0 spiro atoms. The molecule has 0 saturated heterocycles. The molecule has 1 aromatic rings. The Balaban J connectivity index is 2.99. The van der Waals surface area contributed by atoms with Crippen LogP contribution in [0.15, 0.2) is 16.6 Å². The van der Waals surface area contributed by atoms with Crippen molar-refractivity contribution in [2.75, 3.05) is 18.0 Å². The number of carbonyl (C=O) groups is 1. The fourth-order valence-electron chi connectivity index (χ4n) is 1.78. The van der Waals surface area contributed by atoms with Crippen LogP contribution in [-0.4, -0.2) is 25.0 Å². The molecule has 20 heavy (non-hydrogen) atoms. The van der Waals surface area contributed by atoms with E-state index in [1.165, 1.54) is 12.1 Å². The molecular formula is C14H17BrFN3O. The van der Waals surface area contributed by atoms with Crippen LogP contribution in [0.3, 0.4) is 0 Å². The minimum Gasteiger partial charge on any atom is -0.360 e. The lowest BCUT2D eigenvalue weighted by Gasteiger charge is -2.24. The second-order valence-corrected chi connectivity index (χ2v) is 5.40. The highest BCUT2D eigenvalue weighted by atomic mass is 79.9. The number of rotatable bonds is 5. The maximum atomic E-state index is 14.2. The smallest absolute Gasteiger partial charge is 0.239 e. The molecule has 0 atom stereocenters. The van der Waals surface area contributed by atoms with Crippen molar-refractivity contribution in [2.45, 2.75) is 26.8 Å². The van der Waals surface area contributed by atoms with Crippen LogP contribution in [0.4, 0.5) is 10.1 Å². The summed E-state index contributed by atoms with van der Waals surface area (Å²) in [4.78, 5) is 13.4. The van der Waals surface area contributed by atoms with Crippen molar-refractivity contribution in [2.24, 2.45) is 0 Å². The molecule has 0 saturated carbocycles. The third-order valence-electron chi connectivity index (χ3n) is 2.69. The average Bonchev–Trinajstić information content (AvgIpc) is 2.38. The summed E-state index contributed by atoms with van der Waals surface area (Å²) in [5.74, 6) is -0.690. The van der Waals surface area contributed by atoms with Crippen LogP contribution in [0.1, 0.15) is 26.3 Å². The van der Waals surface area contributed by atoms with E-state index in [2.05, 4.69) is 21.2 Å². The number of nitrogens with zero attached hydrogens (tertiary/aromatic N) is 2. The summed E-state index contributed by atoms with van der Waals surface area (Å²) >= 11 is 3.07. The van der Waals surface area contributed by atoms with Gasteiger partial charge in [-0.1, -0.05) is 0 Å². The minimum atomic E-state index is -0.525. The number of benzene rings is 1. The second-order valence-electron chi connectivity index (χ2n) is 4.61. The van der Waals surface area contributed by atoms with Gasteiger partial charge in [-0.15, -0.1) is 0 Å². The van der Waals surface area contributed by atoms with Crippen molar-refractivity contribution < 1.29 is 9.18 Å². The van der Waals surface area contributed by atoms with Gasteiger partial charge >= 0.3 is 0 Å². The standard InChI is InChI=1S/C14H17BrFN3O/c1-4-19(8-12(20)18-9(2)3)11-6-5-10(7-17)13(15)14(11)16/h5-6,9H,4,8H2,1-3H3,(H,18,20). The van der Waals surface area contributed by atoms with Gasteiger partial charge in [0.05, 0.1) is 22.3 Å². The first kappa shape index (κ1) is 16.4. The summed E-state index contributed by atoms with van der Waals surface area (Å²) in [5.41, 5.74) is 0.534. The quantitative estimate of drug-likeness (QED) is 0.895. The summed E-state index contributed by atoms with van der Waals surface area (Å²) in [5, 5.41) is 11.6. The zero-order valence-electron chi connectivity index (χ0n) is 11.7. The molecule has 1 amide bonds. The highest BCUT2D eigenvalue weighted by Crippen LogP contribution is 2.29. The molecule has 6 heteroatoms. The van der Waals surface area contributed by atoms with E-state index in [1.807, 2.05) is 26.8 Å². The molecular weight excluding hydrogens is 325 g/mol. The summed E-state index contributed by atoms with van der Waals surface area (Å²) in [7, 11) is 0. The number of anilines is 1. The van der Waals surface area contributed by atoms with Crippen LogP contribution in [0.25, 0.3) is 0 Å². The zero-order valence-corrected chi connectivity index (χ0v) is 13.3. The lowest BCUT2D eigenvalue weighted by molar-refractivity contribution is -0.120. The predicted molar refractivity (Wildman–Crippen MR) is 80.0 cm³/mol. The van der Waals surface area contributed by atoms with Crippen LogP contribution >= 0.6 is 15.9 Å². The van der Waals surface area contributed by atoms with Gasteiger partial charge in [-0.25, -0.2) is 4.39 Å². The van der Waals surface area contributed by atoms with Crippen molar-refractivity contribution in [1.29, 1.82) is 5.26 Å². The van der Waals surface area contributed by atoms with Crippen LogP contribution in [0.5, 0.6) is 0 Å². The Morgan fingerprint density at radius 3 is 2.70 bits per heavy atom. The molecule has 0 radical (unpaired) electrons. The van der Waals surface area contributed by atoms with Crippen LogP contribution in [0, 0.1) is 17.1 Å². The maximum Gasteiger partial charge on any atom is 0.239 e. The van der Waals surface area contributed by atoms with Crippen LogP contribution in [0.2, 0.25) is 0 Å². The van der Waals surface area contributed by atoms with Crippen LogP contribution in [-0.2, 0) is 4.79 Å². The molecule has 1 rings (SSSR count). The Hall–Kier alpha value is -1.61. The predicted octanol–water partition coefficient (Wildman–Crippen LogP) is 2.81. The maximum absolute atomic E-state index is 14.2. The van der Waals surface area contributed by atoms with Gasteiger partial charge in [-0.05, 0) is 48.8 Å². The van der Waals surface area contributed by atoms with Gasteiger partial charge in [0.2, 0.25) is 5.91 Å². The number of likely N-dealkylation sites (N-methyl/N-ethyl adjacent to an activating group) is 1. The van der Waals surface area contributed by atoms with E-state index in [0.717, 1.165) is 0 Å². The summed E-state index contributed by atoms with van der Waals surface area (Å²) < 4.78 is 14.4. The molecule has 0 unspecified atom stereocenters. The van der Waals surface area contributed by atoms with Gasteiger partial charge in [-0.2, -0.15) is 5.26 Å². The molecule has 0 aliphatic heterocycles. The summed E-state index contributed by atoms with van der Waals surface area (Å²) in [6.45, 7) is 6.14. The molecule has 0 bridgehead atoms. The van der Waals surface area contributed by atoms with E-state index in [0.29, 0.717) is 12.2 Å². The lowest BCUT2D eigenvalue weighted by atomic mass is 10.2. The van der Waals surface area contributed by atoms with Crippen molar-refractivity contribution >= 4 is 27.5 Å². The largest absolute Gasteiger partial charge is 0.360 e. The van der Waals surface area contributed by atoms with Gasteiger partial charge < -0.3 is 10.2 Å². The Kier molecular flexibility index (Phi) is 5.96. The van der Waals surface area contributed by atoms with Gasteiger partial charge in [0.1, 0.15) is 6.07 Å². The van der Waals surface area contributed by atoms with Crippen LogP contribution < -0.4 is 10.2 Å². The highest BCUT2D eigenvalue weighted by molar-refractivity contribution is 9.10. The van der Waals surface area contributed by atoms with Gasteiger partial charge in [0, 0.05) is 12.6 Å². The van der Waals surface area contributed by atoms with Crippen molar-refractivity contribution in [1.82, 2.24) is 5.32 Å². The van der Waals surface area contributed by atoms with Crippen molar-refractivity contribution in [3.05, 3.63) is 28.0 Å². The van der Waals surface area contributed by atoms with E-state index in [9.17, 15) is 9.18 Å². The summed E-state index contributed by atoms with van der Waals surface area (Å²) in [6, 6.07) is 4.99. The number of carbonyl (C=O) groups excluding carboxylic acids is 1. The number of hydrogen-bond donors (Lipinski definition) is 1. The Bertz CT molecular complexity index is 540. The first-order valence-corrected chi connectivity index (χ1v) is 7.12. The number of halogens is 2. The molecule has 0 aliphatic carbocycles. The van der Waals surface area contributed by atoms with Crippen molar-refractivity contribution in [3.8, 4) is 6.07 Å². The van der Waals surface area contributed by atoms with E-state index < -0.39 is 5.82 Å². The Morgan fingerprint density at radius 2 is 2.20 bits per heavy atom. The topological polar surface area (TPSA) is 56.1 Å². The fraction of sp³-hybridized carbons (Fsp3) is 0.429. The number of hydrogen-bond acceptors (Lipinski definition) is 3. The average molecular weight is 342 g/mol. The molecule has 0 heterocycles. The van der Waals surface area contributed by atoms with E-state index in [4.69, 9.17) is 5.26 Å². The first-order chi connectivity index (χ1) is 9.40. The molecule has 0 aliphatic rings. The minimum absolute atomic E-state index is 0.0405. The number of nitriles is 1. The SMILES string of the molecule is CCN(CC(=O)NC(C)C)c1ccc(C#N)c(Br)c1F. The monoisotopic (exact) mass is 341 g/mol. The highest BCUT2D eigenvalue weighted by Gasteiger charge is 2.18. The number of nitrogens with one attached hydrogen (secondary N) is 1. The Morgan fingerprint density at radius 1 is 1.55 bits per heavy atom. The summed E-state index contributed by atoms with van der Waals surface area (Å²) in [6.07, 6.45) is 0. The number of amides is 1. The van der Waals surface area contributed by atoms with Gasteiger partial charge in [0.15, 0.2) is 5.82 Å². The third kappa shape index (κ3) is 3.94. The molecule has 108 valence electrons. The van der Waals surface area contributed by atoms with Crippen molar-refractivity contribution in [3.63, 3.8) is 0 Å². The van der Waals surface area contributed by atoms with E-state index in [1.54, 1.807) is 4.90 Å².